The highest BCUT2D eigenvalue weighted by Crippen LogP contribution is 2.39. The van der Waals surface area contributed by atoms with Crippen molar-refractivity contribution in [2.45, 2.75) is 58.4 Å². The Morgan fingerprint density at radius 2 is 1.85 bits per heavy atom. The summed E-state index contributed by atoms with van der Waals surface area (Å²) in [6, 6.07) is 0.615. The van der Waals surface area contributed by atoms with Crippen LogP contribution < -0.4 is 5.32 Å². The van der Waals surface area contributed by atoms with Gasteiger partial charge < -0.3 is 5.32 Å². The van der Waals surface area contributed by atoms with Crippen molar-refractivity contribution in [1.82, 2.24) is 5.32 Å². The van der Waals surface area contributed by atoms with Gasteiger partial charge in [-0.05, 0) is 45.4 Å². The standard InChI is InChI=1S/C12H21N/c1-9(2)13-12(11-7-8-11)10-5-3-4-6-10/h9-10,13H,3-8H2,1-2H3. The molecule has 0 aromatic heterocycles. The average Bonchev–Trinajstić information content (AvgIpc) is 2.77. The molecule has 0 atom stereocenters. The number of allylic oxidation sites excluding steroid dienone is 2. The molecular weight excluding hydrogens is 158 g/mol. The topological polar surface area (TPSA) is 12.0 Å². The lowest BCUT2D eigenvalue weighted by atomic mass is 10.0. The Balaban J connectivity index is 2.01. The minimum Gasteiger partial charge on any atom is -0.386 e. The average molecular weight is 179 g/mol. The summed E-state index contributed by atoms with van der Waals surface area (Å²) in [5.41, 5.74) is 3.35. The van der Waals surface area contributed by atoms with Crippen LogP contribution in [-0.4, -0.2) is 6.04 Å². The summed E-state index contributed by atoms with van der Waals surface area (Å²) in [6.45, 7) is 4.50. The molecule has 2 aliphatic carbocycles. The third-order valence-electron chi connectivity index (χ3n) is 3.09. The Morgan fingerprint density at radius 3 is 2.31 bits per heavy atom. The summed E-state index contributed by atoms with van der Waals surface area (Å²) in [6.07, 6.45) is 8.48. The van der Waals surface area contributed by atoms with Gasteiger partial charge in [-0.15, -0.1) is 0 Å². The van der Waals surface area contributed by atoms with Gasteiger partial charge in [-0.25, -0.2) is 0 Å². The summed E-state index contributed by atoms with van der Waals surface area (Å²) < 4.78 is 0. The van der Waals surface area contributed by atoms with E-state index in [0.29, 0.717) is 6.04 Å². The maximum Gasteiger partial charge on any atom is 0.0201 e. The zero-order valence-electron chi connectivity index (χ0n) is 8.90. The van der Waals surface area contributed by atoms with Crippen molar-refractivity contribution in [3.63, 3.8) is 0 Å². The Kier molecular flexibility index (Phi) is 2.61. The van der Waals surface area contributed by atoms with E-state index in [9.17, 15) is 0 Å². The number of hydrogen-bond acceptors (Lipinski definition) is 1. The second kappa shape index (κ2) is 3.73. The van der Waals surface area contributed by atoms with E-state index >= 15 is 0 Å². The first-order valence-corrected chi connectivity index (χ1v) is 5.76. The van der Waals surface area contributed by atoms with Gasteiger partial charge in [-0.1, -0.05) is 18.4 Å². The van der Waals surface area contributed by atoms with Crippen molar-refractivity contribution >= 4 is 0 Å². The molecule has 1 nitrogen and oxygen atoms in total. The van der Waals surface area contributed by atoms with E-state index in [0.717, 1.165) is 5.92 Å². The molecule has 0 radical (unpaired) electrons. The van der Waals surface area contributed by atoms with E-state index in [1.165, 1.54) is 38.5 Å². The van der Waals surface area contributed by atoms with Crippen LogP contribution in [0.4, 0.5) is 0 Å². The molecule has 74 valence electrons. The SMILES string of the molecule is CC(C)NC(=C1CC1)C1CCCC1. The minimum atomic E-state index is 0.615. The molecule has 2 aliphatic rings. The predicted molar refractivity (Wildman–Crippen MR) is 56.5 cm³/mol. The summed E-state index contributed by atoms with van der Waals surface area (Å²) in [5.74, 6) is 0.889. The molecule has 1 heteroatoms. The first-order valence-electron chi connectivity index (χ1n) is 5.76. The highest BCUT2D eigenvalue weighted by molar-refractivity contribution is 5.26. The van der Waals surface area contributed by atoms with E-state index < -0.39 is 0 Å². The van der Waals surface area contributed by atoms with Crippen LogP contribution in [0.2, 0.25) is 0 Å². The second-order valence-electron chi connectivity index (χ2n) is 4.80. The highest BCUT2D eigenvalue weighted by atomic mass is 14.9. The van der Waals surface area contributed by atoms with E-state index in [1.54, 1.807) is 11.3 Å². The van der Waals surface area contributed by atoms with Gasteiger partial charge in [0.1, 0.15) is 0 Å². The quantitative estimate of drug-likeness (QED) is 0.701. The van der Waals surface area contributed by atoms with Crippen LogP contribution in [0.5, 0.6) is 0 Å². The monoisotopic (exact) mass is 179 g/mol. The summed E-state index contributed by atoms with van der Waals surface area (Å²) in [4.78, 5) is 0. The van der Waals surface area contributed by atoms with Crippen molar-refractivity contribution < 1.29 is 0 Å². The Hall–Kier alpha value is -0.460. The fourth-order valence-electron chi connectivity index (χ4n) is 2.37. The number of rotatable bonds is 3. The Bertz CT molecular complexity index is 203. The minimum absolute atomic E-state index is 0.615. The van der Waals surface area contributed by atoms with Crippen LogP contribution in [0.3, 0.4) is 0 Å². The molecule has 0 heterocycles. The fourth-order valence-corrected chi connectivity index (χ4v) is 2.37. The van der Waals surface area contributed by atoms with Gasteiger partial charge in [0.05, 0.1) is 0 Å². The van der Waals surface area contributed by atoms with Crippen LogP contribution in [0.1, 0.15) is 52.4 Å². The summed E-state index contributed by atoms with van der Waals surface area (Å²) in [5, 5.41) is 3.66. The van der Waals surface area contributed by atoms with Crippen molar-refractivity contribution in [3.05, 3.63) is 11.3 Å². The van der Waals surface area contributed by atoms with Gasteiger partial charge in [0.2, 0.25) is 0 Å². The lowest BCUT2D eigenvalue weighted by Gasteiger charge is -2.19. The van der Waals surface area contributed by atoms with E-state index in [2.05, 4.69) is 19.2 Å². The highest BCUT2D eigenvalue weighted by Gasteiger charge is 2.26. The molecule has 1 N–H and O–H groups in total. The summed E-state index contributed by atoms with van der Waals surface area (Å²) in [7, 11) is 0. The molecule has 0 unspecified atom stereocenters. The van der Waals surface area contributed by atoms with Crippen LogP contribution in [0, 0.1) is 5.92 Å². The molecule has 0 aromatic carbocycles. The van der Waals surface area contributed by atoms with Gasteiger partial charge in [-0.3, -0.25) is 0 Å². The first-order chi connectivity index (χ1) is 6.27. The fraction of sp³-hybridized carbons (Fsp3) is 0.833. The summed E-state index contributed by atoms with van der Waals surface area (Å²) >= 11 is 0. The molecule has 2 rings (SSSR count). The van der Waals surface area contributed by atoms with E-state index in [-0.39, 0.29) is 0 Å². The van der Waals surface area contributed by atoms with Gasteiger partial charge in [0.25, 0.3) is 0 Å². The van der Waals surface area contributed by atoms with E-state index in [4.69, 9.17) is 0 Å². The normalized spacial score (nSPS) is 22.5. The largest absolute Gasteiger partial charge is 0.386 e. The van der Waals surface area contributed by atoms with Crippen molar-refractivity contribution in [2.75, 3.05) is 0 Å². The lowest BCUT2D eigenvalue weighted by Crippen LogP contribution is -2.26. The molecule has 2 saturated carbocycles. The molecule has 0 amide bonds. The molecule has 0 aromatic rings. The maximum atomic E-state index is 3.66. The molecule has 0 bridgehead atoms. The van der Waals surface area contributed by atoms with Gasteiger partial charge in [0, 0.05) is 11.7 Å². The molecule has 13 heavy (non-hydrogen) atoms. The molecule has 0 aliphatic heterocycles. The molecule has 0 spiro atoms. The van der Waals surface area contributed by atoms with Crippen molar-refractivity contribution in [2.24, 2.45) is 5.92 Å². The Morgan fingerprint density at radius 1 is 1.23 bits per heavy atom. The zero-order valence-corrected chi connectivity index (χ0v) is 8.90. The number of nitrogens with one attached hydrogen (secondary N) is 1. The second-order valence-corrected chi connectivity index (χ2v) is 4.80. The van der Waals surface area contributed by atoms with E-state index in [1.807, 2.05) is 0 Å². The zero-order chi connectivity index (χ0) is 9.26. The van der Waals surface area contributed by atoms with Gasteiger partial charge in [0.15, 0.2) is 0 Å². The number of hydrogen-bond donors (Lipinski definition) is 1. The molecular formula is C12H21N. The first kappa shape index (κ1) is 9.11. The van der Waals surface area contributed by atoms with Gasteiger partial charge >= 0.3 is 0 Å². The van der Waals surface area contributed by atoms with Crippen LogP contribution >= 0.6 is 0 Å². The molecule has 0 saturated heterocycles. The third kappa shape index (κ3) is 2.26. The van der Waals surface area contributed by atoms with Crippen molar-refractivity contribution in [1.29, 1.82) is 0 Å². The van der Waals surface area contributed by atoms with Gasteiger partial charge in [-0.2, -0.15) is 0 Å². The lowest BCUT2D eigenvalue weighted by molar-refractivity contribution is 0.537. The van der Waals surface area contributed by atoms with Crippen molar-refractivity contribution in [3.8, 4) is 0 Å². The van der Waals surface area contributed by atoms with Crippen LogP contribution in [0.15, 0.2) is 11.3 Å². The third-order valence-corrected chi connectivity index (χ3v) is 3.09. The molecule has 2 fully saturated rings. The van der Waals surface area contributed by atoms with Crippen LogP contribution in [-0.2, 0) is 0 Å². The predicted octanol–water partition coefficient (Wildman–Crippen LogP) is 3.22. The smallest absolute Gasteiger partial charge is 0.0201 e. The maximum absolute atomic E-state index is 3.66. The van der Waals surface area contributed by atoms with Crippen LogP contribution in [0.25, 0.3) is 0 Å². The Labute approximate surface area is 81.6 Å².